The Kier molecular flexibility index (Phi) is 9.21. The first kappa shape index (κ1) is 21.0. The first-order valence-corrected chi connectivity index (χ1v) is 15.0. The molecule has 2 rings (SSSR count). The molecule has 21 heavy (non-hydrogen) atoms. The molecule has 0 N–H and O–H groups in total. The summed E-state index contributed by atoms with van der Waals surface area (Å²) in [6.07, 6.45) is 0. The van der Waals surface area contributed by atoms with Crippen LogP contribution in [0.25, 0.3) is 0 Å². The van der Waals surface area contributed by atoms with Gasteiger partial charge in [-0.1, -0.05) is 51.4 Å². The van der Waals surface area contributed by atoms with Gasteiger partial charge in [-0.2, -0.15) is 35.4 Å². The molecule has 0 aliphatic carbocycles. The van der Waals surface area contributed by atoms with Crippen LogP contribution in [0.5, 0.6) is 0 Å². The second-order valence-corrected chi connectivity index (χ2v) is 19.0. The van der Waals surface area contributed by atoms with Gasteiger partial charge in [-0.25, -0.2) is 24.3 Å². The first-order valence-electron chi connectivity index (χ1n) is 7.57. The van der Waals surface area contributed by atoms with Crippen LogP contribution in [0.3, 0.4) is 0 Å². The van der Waals surface area contributed by atoms with Gasteiger partial charge < -0.3 is 0 Å². The summed E-state index contributed by atoms with van der Waals surface area (Å²) in [5, 5.41) is 0. The van der Waals surface area contributed by atoms with E-state index in [1.165, 1.54) is 23.2 Å². The van der Waals surface area contributed by atoms with Crippen molar-refractivity contribution in [3.63, 3.8) is 0 Å². The van der Waals surface area contributed by atoms with Crippen molar-refractivity contribution in [2.75, 3.05) is 0 Å². The molecule has 0 bridgehead atoms. The third kappa shape index (κ3) is 11.3. The van der Waals surface area contributed by atoms with Gasteiger partial charge in [0.2, 0.25) is 0 Å². The average molecular weight is 481 g/mol. The summed E-state index contributed by atoms with van der Waals surface area (Å²) in [6, 6.07) is 20.0. The van der Waals surface area contributed by atoms with Crippen molar-refractivity contribution in [2.24, 2.45) is 0 Å². The van der Waals surface area contributed by atoms with Crippen LogP contribution in [0, 0.1) is 0 Å². The van der Waals surface area contributed by atoms with E-state index in [1.54, 1.807) is 0 Å². The maximum atomic E-state index is 2.40. The van der Waals surface area contributed by atoms with Gasteiger partial charge in [0.05, 0.1) is 0 Å². The molecule has 0 radical (unpaired) electrons. The first-order chi connectivity index (χ1) is 9.16. The van der Waals surface area contributed by atoms with Gasteiger partial charge in [-0.15, -0.1) is 0 Å². The largest absolute Gasteiger partial charge is 0.213 e. The standard InChI is InChI=1S/2C9H15Si.Hf/c2*1-10(2,3)8-9-6-4-5-7-9;/h2*4-7H,8H2,1-3H3;/q2*-1;. The molecule has 2 aromatic rings. The summed E-state index contributed by atoms with van der Waals surface area (Å²) < 4.78 is 0. The van der Waals surface area contributed by atoms with Crippen LogP contribution in [0.1, 0.15) is 11.1 Å². The van der Waals surface area contributed by atoms with Crippen LogP contribution in [-0.4, -0.2) is 16.1 Å². The Bertz CT molecular complexity index is 410. The van der Waals surface area contributed by atoms with E-state index in [1.807, 2.05) is 0 Å². The Morgan fingerprint density at radius 2 is 0.810 bits per heavy atom. The van der Waals surface area contributed by atoms with E-state index >= 15 is 0 Å². The molecule has 0 nitrogen and oxygen atoms in total. The predicted molar refractivity (Wildman–Crippen MR) is 98.2 cm³/mol. The summed E-state index contributed by atoms with van der Waals surface area (Å²) in [7, 11) is -1.72. The van der Waals surface area contributed by atoms with Crippen LogP contribution < -0.4 is 0 Å². The quantitative estimate of drug-likeness (QED) is 0.392. The Hall–Kier alpha value is 0.00390. The molecule has 0 atom stereocenters. The van der Waals surface area contributed by atoms with Gasteiger partial charge >= 0.3 is 0 Å². The third-order valence-electron chi connectivity index (χ3n) is 2.93. The van der Waals surface area contributed by atoms with E-state index in [-0.39, 0.29) is 25.8 Å². The van der Waals surface area contributed by atoms with E-state index < -0.39 is 16.1 Å². The van der Waals surface area contributed by atoms with Crippen LogP contribution in [0.4, 0.5) is 0 Å². The molecule has 0 fully saturated rings. The van der Waals surface area contributed by atoms with Gasteiger partial charge in [-0.05, 0) is 0 Å². The minimum atomic E-state index is -0.862. The van der Waals surface area contributed by atoms with Crippen molar-refractivity contribution in [3.05, 3.63) is 59.7 Å². The molecule has 0 unspecified atom stereocenters. The van der Waals surface area contributed by atoms with E-state index in [9.17, 15) is 0 Å². The van der Waals surface area contributed by atoms with Gasteiger partial charge in [0, 0.05) is 42.0 Å². The fourth-order valence-corrected chi connectivity index (χ4v) is 5.21. The van der Waals surface area contributed by atoms with Crippen LogP contribution in [-0.2, 0) is 37.9 Å². The van der Waals surface area contributed by atoms with Gasteiger partial charge in [0.15, 0.2) is 0 Å². The Morgan fingerprint density at radius 3 is 1.00 bits per heavy atom. The van der Waals surface area contributed by atoms with Crippen LogP contribution >= 0.6 is 0 Å². The second kappa shape index (κ2) is 9.21. The summed E-state index contributed by atoms with van der Waals surface area (Å²) in [6.45, 7) is 14.4. The summed E-state index contributed by atoms with van der Waals surface area (Å²) in [4.78, 5) is 0. The van der Waals surface area contributed by atoms with E-state index in [4.69, 9.17) is 0 Å². The molecular formula is C18H30HfSi2-2. The summed E-state index contributed by atoms with van der Waals surface area (Å²) in [5.74, 6) is 0. The topological polar surface area (TPSA) is 0 Å². The molecule has 0 saturated carbocycles. The van der Waals surface area contributed by atoms with Crippen LogP contribution in [0.15, 0.2) is 48.5 Å². The molecule has 0 amide bonds. The Morgan fingerprint density at radius 1 is 0.571 bits per heavy atom. The predicted octanol–water partition coefficient (Wildman–Crippen LogP) is 5.65. The zero-order valence-corrected chi connectivity index (χ0v) is 20.1. The van der Waals surface area contributed by atoms with E-state index in [0.717, 1.165) is 0 Å². The Labute approximate surface area is 152 Å². The van der Waals surface area contributed by atoms with Gasteiger partial charge in [0.1, 0.15) is 0 Å². The molecule has 0 aromatic heterocycles. The molecule has 2 aromatic carbocycles. The molecular weight excluding hydrogens is 451 g/mol. The molecule has 0 aliphatic rings. The van der Waals surface area contributed by atoms with Gasteiger partial charge in [-0.3, -0.25) is 0 Å². The van der Waals surface area contributed by atoms with Crippen molar-refractivity contribution in [1.29, 1.82) is 0 Å². The molecule has 0 spiro atoms. The third-order valence-corrected chi connectivity index (χ3v) is 5.87. The van der Waals surface area contributed by atoms with Crippen LogP contribution in [0.2, 0.25) is 39.3 Å². The SMILES string of the molecule is C[Si](C)(C)C[c-]1cccc1.C[Si](C)(C)C[c-]1cccc1.[Hf]. The van der Waals surface area contributed by atoms with Crippen molar-refractivity contribution in [2.45, 2.75) is 51.4 Å². The van der Waals surface area contributed by atoms with Crippen molar-refractivity contribution >= 4 is 16.1 Å². The molecule has 116 valence electrons. The maximum absolute atomic E-state index is 2.40. The zero-order chi connectivity index (χ0) is 15.2. The minimum absolute atomic E-state index is 0. The maximum Gasteiger partial charge on any atom is 0.0371 e. The van der Waals surface area contributed by atoms with Crippen molar-refractivity contribution < 1.29 is 25.8 Å². The molecule has 3 heteroatoms. The number of hydrogen-bond acceptors (Lipinski definition) is 0. The monoisotopic (exact) mass is 482 g/mol. The van der Waals surface area contributed by atoms with E-state index in [2.05, 4.69) is 87.8 Å². The molecule has 0 aliphatic heterocycles. The average Bonchev–Trinajstić information content (AvgIpc) is 2.87. The van der Waals surface area contributed by atoms with Gasteiger partial charge in [0.25, 0.3) is 0 Å². The normalized spacial score (nSPS) is 11.3. The summed E-state index contributed by atoms with van der Waals surface area (Å²) >= 11 is 0. The smallest absolute Gasteiger partial charge is 0.0371 e. The second-order valence-electron chi connectivity index (χ2n) is 8.06. The summed E-state index contributed by atoms with van der Waals surface area (Å²) in [5.41, 5.74) is 3.03. The molecule has 0 heterocycles. The number of rotatable bonds is 4. The van der Waals surface area contributed by atoms with Crippen molar-refractivity contribution in [3.8, 4) is 0 Å². The van der Waals surface area contributed by atoms with E-state index in [0.29, 0.717) is 0 Å². The zero-order valence-electron chi connectivity index (χ0n) is 14.5. The molecule has 0 saturated heterocycles. The Balaban J connectivity index is 0.000000364. The fraction of sp³-hybridized carbons (Fsp3) is 0.444. The van der Waals surface area contributed by atoms with Crippen molar-refractivity contribution in [1.82, 2.24) is 0 Å². The minimum Gasteiger partial charge on any atom is -0.213 e. The fourth-order valence-electron chi connectivity index (χ4n) is 2.29. The number of hydrogen-bond donors (Lipinski definition) is 0.